The van der Waals surface area contributed by atoms with Crippen LogP contribution in [0, 0.1) is 0 Å². The van der Waals surface area contributed by atoms with Crippen molar-refractivity contribution in [2.24, 2.45) is 0 Å². The van der Waals surface area contributed by atoms with Gasteiger partial charge in [0.1, 0.15) is 0 Å². The molecule has 19 heavy (non-hydrogen) atoms. The van der Waals surface area contributed by atoms with Gasteiger partial charge in [0.15, 0.2) is 11.4 Å². The lowest BCUT2D eigenvalue weighted by Crippen LogP contribution is -2.42. The van der Waals surface area contributed by atoms with Crippen molar-refractivity contribution in [2.45, 2.75) is 33.3 Å². The third kappa shape index (κ3) is 4.52. The highest BCUT2D eigenvalue weighted by Crippen LogP contribution is 2.18. The third-order valence-corrected chi connectivity index (χ3v) is 2.52. The smallest absolute Gasteiger partial charge is 0.276 e. The highest BCUT2D eigenvalue weighted by Gasteiger charge is 2.25. The average Bonchev–Trinajstić information content (AvgIpc) is 2.35. The normalized spacial score (nSPS) is 11.2. The van der Waals surface area contributed by atoms with Crippen molar-refractivity contribution in [3.63, 3.8) is 0 Å². The molecule has 1 amide bonds. The van der Waals surface area contributed by atoms with Gasteiger partial charge in [0.2, 0.25) is 0 Å². The molecule has 0 saturated heterocycles. The molecule has 1 aromatic heterocycles. The number of aromatic nitrogens is 1. The number of ether oxygens (including phenoxy) is 1. The van der Waals surface area contributed by atoms with Crippen LogP contribution < -0.4 is 4.74 Å². The Labute approximate surface area is 114 Å². The molecule has 0 atom stereocenters. The van der Waals surface area contributed by atoms with E-state index in [0.717, 1.165) is 0 Å². The number of carbonyl (C=O) groups excluding carboxylic acids is 1. The zero-order valence-electron chi connectivity index (χ0n) is 12.0. The number of aliphatic hydroxyl groups is 1. The van der Waals surface area contributed by atoms with Crippen LogP contribution in [0.15, 0.2) is 18.3 Å². The Kier molecular flexibility index (Phi) is 5.30. The van der Waals surface area contributed by atoms with Gasteiger partial charge in [0.25, 0.3) is 5.91 Å². The van der Waals surface area contributed by atoms with Gasteiger partial charge < -0.3 is 14.7 Å². The molecule has 1 aromatic rings. The zero-order chi connectivity index (χ0) is 14.5. The Hall–Kier alpha value is -1.62. The molecule has 0 bridgehead atoms. The van der Waals surface area contributed by atoms with E-state index in [1.807, 2.05) is 13.8 Å². The topological polar surface area (TPSA) is 62.7 Å². The molecular formula is C14H22N2O3. The van der Waals surface area contributed by atoms with Gasteiger partial charge in [0.05, 0.1) is 12.2 Å². The van der Waals surface area contributed by atoms with Crippen molar-refractivity contribution < 1.29 is 14.6 Å². The first-order chi connectivity index (χ1) is 8.89. The van der Waals surface area contributed by atoms with Crippen LogP contribution in [0.5, 0.6) is 5.75 Å². The van der Waals surface area contributed by atoms with Crippen LogP contribution in [0.3, 0.4) is 0 Å². The fourth-order valence-corrected chi connectivity index (χ4v) is 1.77. The maximum Gasteiger partial charge on any atom is 0.276 e. The molecule has 5 nitrogen and oxygen atoms in total. The molecule has 0 aliphatic carbocycles. The molecule has 1 rings (SSSR count). The quantitative estimate of drug-likeness (QED) is 0.851. The summed E-state index contributed by atoms with van der Waals surface area (Å²) in [5.74, 6) is 0.248. The van der Waals surface area contributed by atoms with E-state index >= 15 is 0 Å². The number of amides is 1. The second kappa shape index (κ2) is 6.52. The zero-order valence-corrected chi connectivity index (χ0v) is 12.0. The maximum absolute atomic E-state index is 12.4. The molecule has 0 radical (unpaired) electrons. The number of carbonyl (C=O) groups is 1. The standard InChI is InChI=1S/C14H22N2O3/c1-5-16(10-14(3,4)18)13(17)12-11(19-6-2)8-7-9-15-12/h7-9,18H,5-6,10H2,1-4H3. The van der Waals surface area contributed by atoms with E-state index < -0.39 is 5.60 Å². The lowest BCUT2D eigenvalue weighted by Gasteiger charge is -2.28. The number of likely N-dealkylation sites (N-methyl/N-ethyl adjacent to an activating group) is 1. The number of pyridine rings is 1. The van der Waals surface area contributed by atoms with Gasteiger partial charge in [-0.1, -0.05) is 0 Å². The molecule has 0 spiro atoms. The minimum absolute atomic E-state index is 0.228. The van der Waals surface area contributed by atoms with Crippen LogP contribution in [-0.2, 0) is 0 Å². The van der Waals surface area contributed by atoms with Gasteiger partial charge >= 0.3 is 0 Å². The molecule has 0 aliphatic rings. The van der Waals surface area contributed by atoms with E-state index in [1.165, 1.54) is 0 Å². The molecule has 0 saturated carbocycles. The Morgan fingerprint density at radius 3 is 2.68 bits per heavy atom. The summed E-state index contributed by atoms with van der Waals surface area (Å²) >= 11 is 0. The van der Waals surface area contributed by atoms with Crippen LogP contribution in [0.4, 0.5) is 0 Å². The van der Waals surface area contributed by atoms with Crippen molar-refractivity contribution in [2.75, 3.05) is 19.7 Å². The van der Waals surface area contributed by atoms with Crippen molar-refractivity contribution in [1.82, 2.24) is 9.88 Å². The molecule has 5 heteroatoms. The number of hydrogen-bond acceptors (Lipinski definition) is 4. The monoisotopic (exact) mass is 266 g/mol. The Morgan fingerprint density at radius 2 is 2.16 bits per heavy atom. The molecule has 0 fully saturated rings. The summed E-state index contributed by atoms with van der Waals surface area (Å²) in [7, 11) is 0. The molecule has 0 aliphatic heterocycles. The van der Waals surface area contributed by atoms with Crippen molar-refractivity contribution >= 4 is 5.91 Å². The Balaban J connectivity index is 2.97. The maximum atomic E-state index is 12.4. The molecule has 1 heterocycles. The first-order valence-corrected chi connectivity index (χ1v) is 6.48. The third-order valence-electron chi connectivity index (χ3n) is 2.52. The van der Waals surface area contributed by atoms with E-state index in [0.29, 0.717) is 18.9 Å². The molecule has 0 unspecified atom stereocenters. The number of hydrogen-bond donors (Lipinski definition) is 1. The summed E-state index contributed by atoms with van der Waals surface area (Å²) in [5.41, 5.74) is -0.651. The lowest BCUT2D eigenvalue weighted by atomic mass is 10.1. The summed E-state index contributed by atoms with van der Waals surface area (Å²) < 4.78 is 5.41. The summed E-state index contributed by atoms with van der Waals surface area (Å²) in [5, 5.41) is 9.84. The van der Waals surface area contributed by atoms with E-state index in [2.05, 4.69) is 4.98 Å². The molecule has 1 N–H and O–H groups in total. The molecule has 106 valence electrons. The summed E-state index contributed by atoms with van der Waals surface area (Å²) in [6.07, 6.45) is 1.56. The predicted molar refractivity (Wildman–Crippen MR) is 73.3 cm³/mol. The Bertz CT molecular complexity index is 427. The minimum atomic E-state index is -0.938. The van der Waals surface area contributed by atoms with Crippen molar-refractivity contribution in [3.8, 4) is 5.75 Å². The van der Waals surface area contributed by atoms with E-state index in [4.69, 9.17) is 4.74 Å². The molecular weight excluding hydrogens is 244 g/mol. The highest BCUT2D eigenvalue weighted by atomic mass is 16.5. The number of rotatable bonds is 6. The van der Waals surface area contributed by atoms with Crippen LogP contribution in [0.1, 0.15) is 38.2 Å². The highest BCUT2D eigenvalue weighted by molar-refractivity contribution is 5.95. The second-order valence-corrected chi connectivity index (χ2v) is 4.91. The van der Waals surface area contributed by atoms with E-state index in [9.17, 15) is 9.90 Å². The summed E-state index contributed by atoms with van der Waals surface area (Å²) in [6, 6.07) is 3.45. The fraction of sp³-hybridized carbons (Fsp3) is 0.571. The van der Waals surface area contributed by atoms with Gasteiger partial charge in [-0.3, -0.25) is 4.79 Å². The van der Waals surface area contributed by atoms with Crippen LogP contribution in [0.2, 0.25) is 0 Å². The van der Waals surface area contributed by atoms with Gasteiger partial charge in [-0.25, -0.2) is 4.98 Å². The number of nitrogens with zero attached hydrogens (tertiary/aromatic N) is 2. The van der Waals surface area contributed by atoms with Gasteiger partial charge in [-0.15, -0.1) is 0 Å². The lowest BCUT2D eigenvalue weighted by molar-refractivity contribution is 0.0309. The van der Waals surface area contributed by atoms with Crippen molar-refractivity contribution in [1.29, 1.82) is 0 Å². The van der Waals surface area contributed by atoms with Gasteiger partial charge in [0, 0.05) is 19.3 Å². The minimum Gasteiger partial charge on any atom is -0.491 e. The second-order valence-electron chi connectivity index (χ2n) is 4.91. The summed E-state index contributed by atoms with van der Waals surface area (Å²) in [4.78, 5) is 18.1. The van der Waals surface area contributed by atoms with Crippen LogP contribution >= 0.6 is 0 Å². The van der Waals surface area contributed by atoms with Crippen molar-refractivity contribution in [3.05, 3.63) is 24.0 Å². The molecule has 0 aromatic carbocycles. The summed E-state index contributed by atoms with van der Waals surface area (Å²) in [6.45, 7) is 8.30. The van der Waals surface area contributed by atoms with E-state index in [1.54, 1.807) is 37.1 Å². The fourth-order valence-electron chi connectivity index (χ4n) is 1.77. The van der Waals surface area contributed by atoms with Crippen LogP contribution in [0.25, 0.3) is 0 Å². The first kappa shape index (κ1) is 15.4. The predicted octanol–water partition coefficient (Wildman–Crippen LogP) is 1.71. The first-order valence-electron chi connectivity index (χ1n) is 6.48. The SMILES string of the molecule is CCOc1cccnc1C(=O)N(CC)CC(C)(C)O. The van der Waals surface area contributed by atoms with E-state index in [-0.39, 0.29) is 18.1 Å². The Morgan fingerprint density at radius 1 is 1.47 bits per heavy atom. The van der Waals surface area contributed by atoms with Gasteiger partial charge in [-0.05, 0) is 39.8 Å². The van der Waals surface area contributed by atoms with Crippen LogP contribution in [-0.4, -0.2) is 46.2 Å². The average molecular weight is 266 g/mol. The van der Waals surface area contributed by atoms with Gasteiger partial charge in [-0.2, -0.15) is 0 Å². The largest absolute Gasteiger partial charge is 0.491 e.